The Morgan fingerprint density at radius 1 is 1.50 bits per heavy atom. The Kier molecular flexibility index (Phi) is 5.19. The van der Waals surface area contributed by atoms with E-state index in [1.165, 1.54) is 6.92 Å². The van der Waals surface area contributed by atoms with Crippen LogP contribution in [0.15, 0.2) is 5.10 Å². The Bertz CT molecular complexity index is 213. The van der Waals surface area contributed by atoms with Gasteiger partial charge in [-0.3, -0.25) is 10.2 Å². The van der Waals surface area contributed by atoms with Crippen molar-refractivity contribution in [3.8, 4) is 0 Å². The molecule has 0 saturated carbocycles. The average Bonchev–Trinajstić information content (AvgIpc) is 2.00. The second-order valence-electron chi connectivity index (χ2n) is 2.22. The highest BCUT2D eigenvalue weighted by Crippen LogP contribution is 1.77. The molecule has 2 N–H and O–H groups in total. The molecule has 0 aliphatic heterocycles. The maximum Gasteiger partial charge on any atom is 0.186 e. The van der Waals surface area contributed by atoms with Crippen LogP contribution in [0.5, 0.6) is 0 Å². The van der Waals surface area contributed by atoms with Crippen molar-refractivity contribution in [1.29, 1.82) is 0 Å². The molecule has 4 nitrogen and oxygen atoms in total. The number of Topliss-reactive ketones (excluding diaryl/α,β-unsaturated/α-hetero) is 1. The fourth-order valence-corrected chi connectivity index (χ4v) is 0.603. The fraction of sp³-hybridized carbons (Fsp3) is 0.571. The molecule has 0 aromatic heterocycles. The van der Waals surface area contributed by atoms with Crippen molar-refractivity contribution in [2.24, 2.45) is 5.10 Å². The molecule has 0 radical (unpaired) electrons. The number of nitrogens with zero attached hydrogens (tertiary/aromatic N) is 1. The van der Waals surface area contributed by atoms with E-state index in [9.17, 15) is 4.79 Å². The van der Waals surface area contributed by atoms with Gasteiger partial charge in [-0.25, -0.2) is 0 Å². The topological polar surface area (TPSA) is 53.5 Å². The number of rotatable bonds is 3. The van der Waals surface area contributed by atoms with E-state index in [0.717, 1.165) is 6.54 Å². The Hall–Kier alpha value is -0.970. The molecule has 0 aliphatic carbocycles. The number of nitrogens with one attached hydrogen (secondary N) is 2. The van der Waals surface area contributed by atoms with Gasteiger partial charge in [0.05, 0.1) is 0 Å². The first-order chi connectivity index (χ1) is 5.57. The van der Waals surface area contributed by atoms with Gasteiger partial charge in [0, 0.05) is 13.5 Å². The molecule has 0 rings (SSSR count). The predicted octanol–water partition coefficient (Wildman–Crippen LogP) is 0.435. The van der Waals surface area contributed by atoms with Crippen LogP contribution >= 0.6 is 12.2 Å². The second-order valence-corrected chi connectivity index (χ2v) is 2.63. The molecular formula is C7H13N3OS. The molecule has 0 heterocycles. The third-order valence-electron chi connectivity index (χ3n) is 1.17. The molecule has 0 amide bonds. The zero-order valence-corrected chi connectivity index (χ0v) is 8.29. The normalized spacial score (nSPS) is 10.8. The molecule has 0 atom stereocenters. The number of carbonyl (C=O) groups is 1. The minimum absolute atomic E-state index is 0.0678. The number of hydrogen-bond acceptors (Lipinski definition) is 3. The summed E-state index contributed by atoms with van der Waals surface area (Å²) in [7, 11) is 0. The van der Waals surface area contributed by atoms with Gasteiger partial charge in [-0.15, -0.1) is 0 Å². The van der Waals surface area contributed by atoms with Gasteiger partial charge in [0.15, 0.2) is 10.9 Å². The van der Waals surface area contributed by atoms with Crippen molar-refractivity contribution in [3.05, 3.63) is 0 Å². The van der Waals surface area contributed by atoms with E-state index in [1.807, 2.05) is 6.92 Å². The monoisotopic (exact) mass is 187 g/mol. The van der Waals surface area contributed by atoms with Crippen LogP contribution in [-0.2, 0) is 4.79 Å². The molecule has 0 unspecified atom stereocenters. The molecule has 12 heavy (non-hydrogen) atoms. The SMILES string of the molecule is CCNC(=S)NN=C(C)C(C)=O. The number of carbonyl (C=O) groups excluding carboxylic acids is 1. The van der Waals surface area contributed by atoms with Crippen LogP contribution < -0.4 is 10.7 Å². The Balaban J connectivity index is 3.87. The number of ketones is 1. The van der Waals surface area contributed by atoms with Crippen LogP contribution in [0.2, 0.25) is 0 Å². The first-order valence-corrected chi connectivity index (χ1v) is 4.07. The van der Waals surface area contributed by atoms with Gasteiger partial charge in [0.25, 0.3) is 0 Å². The highest BCUT2D eigenvalue weighted by Gasteiger charge is 1.97. The van der Waals surface area contributed by atoms with Crippen LogP contribution in [0, 0.1) is 0 Å². The van der Waals surface area contributed by atoms with E-state index >= 15 is 0 Å². The summed E-state index contributed by atoms with van der Waals surface area (Å²) in [6, 6.07) is 0. The Labute approximate surface area is 77.4 Å². The molecule has 68 valence electrons. The smallest absolute Gasteiger partial charge is 0.186 e. The minimum atomic E-state index is -0.0678. The van der Waals surface area contributed by atoms with Gasteiger partial charge < -0.3 is 5.32 Å². The standard InChI is InChI=1S/C7H13N3OS/c1-4-8-7(12)10-9-5(2)6(3)11/h4H2,1-3H3,(H2,8,10,12). The van der Waals surface area contributed by atoms with Crippen molar-refractivity contribution in [2.45, 2.75) is 20.8 Å². The third-order valence-corrected chi connectivity index (χ3v) is 1.41. The van der Waals surface area contributed by atoms with Crippen molar-refractivity contribution >= 4 is 28.8 Å². The largest absolute Gasteiger partial charge is 0.362 e. The lowest BCUT2D eigenvalue weighted by atomic mass is 10.3. The Morgan fingerprint density at radius 3 is 2.50 bits per heavy atom. The molecule has 0 spiro atoms. The summed E-state index contributed by atoms with van der Waals surface area (Å²) in [5, 5.41) is 7.03. The molecule has 0 fully saturated rings. The van der Waals surface area contributed by atoms with Crippen LogP contribution in [-0.4, -0.2) is 23.2 Å². The summed E-state index contributed by atoms with van der Waals surface area (Å²) in [4.78, 5) is 10.7. The van der Waals surface area contributed by atoms with Crippen LogP contribution in [0.1, 0.15) is 20.8 Å². The fourth-order valence-electron chi connectivity index (χ4n) is 0.413. The van der Waals surface area contributed by atoms with E-state index in [4.69, 9.17) is 12.2 Å². The lowest BCUT2D eigenvalue weighted by Gasteiger charge is -2.03. The first-order valence-electron chi connectivity index (χ1n) is 3.67. The van der Waals surface area contributed by atoms with E-state index in [2.05, 4.69) is 15.8 Å². The predicted molar refractivity (Wildman–Crippen MR) is 53.2 cm³/mol. The van der Waals surface area contributed by atoms with Gasteiger partial charge in [-0.05, 0) is 26.1 Å². The van der Waals surface area contributed by atoms with Gasteiger partial charge in [-0.1, -0.05) is 0 Å². The first kappa shape index (κ1) is 11.0. The van der Waals surface area contributed by atoms with Crippen LogP contribution in [0.25, 0.3) is 0 Å². The lowest BCUT2D eigenvalue weighted by Crippen LogP contribution is -2.32. The van der Waals surface area contributed by atoms with E-state index in [-0.39, 0.29) is 5.78 Å². The minimum Gasteiger partial charge on any atom is -0.362 e. The summed E-state index contributed by atoms with van der Waals surface area (Å²) in [6.07, 6.45) is 0. The maximum atomic E-state index is 10.7. The molecular weight excluding hydrogens is 174 g/mol. The molecule has 0 aromatic carbocycles. The maximum absolute atomic E-state index is 10.7. The van der Waals surface area contributed by atoms with Gasteiger partial charge in [0.1, 0.15) is 5.71 Å². The van der Waals surface area contributed by atoms with E-state index in [0.29, 0.717) is 10.8 Å². The Morgan fingerprint density at radius 2 is 2.08 bits per heavy atom. The highest BCUT2D eigenvalue weighted by atomic mass is 32.1. The number of hydrazone groups is 1. The summed E-state index contributed by atoms with van der Waals surface area (Å²) in [5.74, 6) is -0.0678. The van der Waals surface area contributed by atoms with E-state index < -0.39 is 0 Å². The summed E-state index contributed by atoms with van der Waals surface area (Å²) in [6.45, 7) is 5.75. The number of hydrogen-bond donors (Lipinski definition) is 2. The number of thiocarbonyl (C=S) groups is 1. The second kappa shape index (κ2) is 5.65. The molecule has 0 saturated heterocycles. The van der Waals surface area contributed by atoms with Crippen molar-refractivity contribution in [1.82, 2.24) is 10.7 Å². The van der Waals surface area contributed by atoms with Crippen molar-refractivity contribution < 1.29 is 4.79 Å². The quantitative estimate of drug-likeness (QED) is 0.382. The van der Waals surface area contributed by atoms with Crippen molar-refractivity contribution in [3.63, 3.8) is 0 Å². The summed E-state index contributed by atoms with van der Waals surface area (Å²) < 4.78 is 0. The van der Waals surface area contributed by atoms with Gasteiger partial charge in [-0.2, -0.15) is 5.10 Å². The average molecular weight is 187 g/mol. The third kappa shape index (κ3) is 4.79. The van der Waals surface area contributed by atoms with Crippen LogP contribution in [0.3, 0.4) is 0 Å². The van der Waals surface area contributed by atoms with Gasteiger partial charge in [0.2, 0.25) is 0 Å². The van der Waals surface area contributed by atoms with Crippen LogP contribution in [0.4, 0.5) is 0 Å². The van der Waals surface area contributed by atoms with Crippen molar-refractivity contribution in [2.75, 3.05) is 6.54 Å². The van der Waals surface area contributed by atoms with E-state index in [1.54, 1.807) is 6.92 Å². The molecule has 5 heteroatoms. The molecule has 0 aliphatic rings. The molecule has 0 bridgehead atoms. The summed E-state index contributed by atoms with van der Waals surface area (Å²) >= 11 is 4.82. The lowest BCUT2D eigenvalue weighted by molar-refractivity contribution is -0.111. The van der Waals surface area contributed by atoms with Gasteiger partial charge >= 0.3 is 0 Å². The molecule has 0 aromatic rings. The zero-order valence-electron chi connectivity index (χ0n) is 7.47. The highest BCUT2D eigenvalue weighted by molar-refractivity contribution is 7.80. The summed E-state index contributed by atoms with van der Waals surface area (Å²) in [5.41, 5.74) is 2.96. The zero-order chi connectivity index (χ0) is 9.56.